The summed E-state index contributed by atoms with van der Waals surface area (Å²) in [5.41, 5.74) is 1.10. The molecule has 12 heavy (non-hydrogen) atoms. The Morgan fingerprint density at radius 3 is 2.50 bits per heavy atom. The molecule has 0 fully saturated rings. The molecule has 0 aliphatic carbocycles. The van der Waals surface area contributed by atoms with E-state index in [0.717, 1.165) is 10.6 Å². The van der Waals surface area contributed by atoms with Crippen LogP contribution in [0.15, 0.2) is 23.2 Å². The van der Waals surface area contributed by atoms with Crippen LogP contribution in [0.4, 0.5) is 0 Å². The number of aromatic nitrogens is 1. The minimum atomic E-state index is -0.413. The van der Waals surface area contributed by atoms with Crippen molar-refractivity contribution < 1.29 is 0 Å². The predicted molar refractivity (Wildman–Crippen MR) is 55.5 cm³/mol. The number of pyridine rings is 1. The first-order valence-electron chi connectivity index (χ1n) is 3.85. The van der Waals surface area contributed by atoms with E-state index < -0.39 is 10.7 Å². The molecule has 0 saturated heterocycles. The summed E-state index contributed by atoms with van der Waals surface area (Å²) in [4.78, 5) is 5.30. The van der Waals surface area contributed by atoms with Gasteiger partial charge in [-0.1, -0.05) is 30.4 Å². The Morgan fingerprint density at radius 2 is 2.17 bits per heavy atom. The van der Waals surface area contributed by atoms with Gasteiger partial charge in [-0.3, -0.25) is 10.1 Å². The van der Waals surface area contributed by atoms with Gasteiger partial charge in [-0.15, -0.1) is 0 Å². The zero-order valence-corrected chi connectivity index (χ0v) is 8.27. The van der Waals surface area contributed by atoms with Crippen LogP contribution in [0.3, 0.4) is 0 Å². The van der Waals surface area contributed by atoms with Crippen LogP contribution in [0.2, 0.25) is 0 Å². The summed E-state index contributed by atoms with van der Waals surface area (Å²) in [7, 11) is -0.413. The SMILES string of the molecule is C=S(N)c1ccc(C(C)C)nc1. The van der Waals surface area contributed by atoms with Crippen LogP contribution >= 0.6 is 10.7 Å². The fraction of sp³-hybridized carbons (Fsp3) is 0.333. The van der Waals surface area contributed by atoms with Gasteiger partial charge in [-0.25, -0.2) is 0 Å². The lowest BCUT2D eigenvalue weighted by Gasteiger charge is -2.05. The van der Waals surface area contributed by atoms with Crippen LogP contribution in [0, 0.1) is 0 Å². The smallest absolute Gasteiger partial charge is 0.0429 e. The van der Waals surface area contributed by atoms with Gasteiger partial charge in [0.2, 0.25) is 0 Å². The molecule has 1 aromatic heterocycles. The molecule has 0 saturated carbocycles. The second-order valence-electron chi connectivity index (χ2n) is 3.00. The summed E-state index contributed by atoms with van der Waals surface area (Å²) in [6.45, 7) is 4.24. The van der Waals surface area contributed by atoms with Crippen LogP contribution in [-0.2, 0) is 0 Å². The summed E-state index contributed by atoms with van der Waals surface area (Å²) in [6.07, 6.45) is 1.81. The van der Waals surface area contributed by atoms with Gasteiger partial charge in [0.1, 0.15) is 0 Å². The minimum Gasteiger partial charge on any atom is -0.280 e. The zero-order valence-electron chi connectivity index (χ0n) is 7.45. The van der Waals surface area contributed by atoms with Crippen molar-refractivity contribution >= 4 is 16.5 Å². The molecule has 2 nitrogen and oxygen atoms in total. The third-order valence-corrected chi connectivity index (χ3v) is 2.50. The maximum atomic E-state index is 5.62. The van der Waals surface area contributed by atoms with Crippen molar-refractivity contribution in [2.45, 2.75) is 24.7 Å². The minimum absolute atomic E-state index is 0.413. The molecule has 0 aromatic carbocycles. The van der Waals surface area contributed by atoms with Crippen LogP contribution in [0.1, 0.15) is 25.5 Å². The molecule has 0 spiro atoms. The number of hydrogen-bond acceptors (Lipinski definition) is 2. The first-order valence-corrected chi connectivity index (χ1v) is 5.31. The molecule has 0 aliphatic heterocycles. The maximum Gasteiger partial charge on any atom is 0.0429 e. The van der Waals surface area contributed by atoms with E-state index in [1.807, 2.05) is 18.3 Å². The highest BCUT2D eigenvalue weighted by atomic mass is 32.2. The standard InChI is InChI=1S/C9H14N2S/c1-7(2)9-5-4-8(6-11-9)12(3)10/h4-7H,3,10H2,1-2H3. The van der Waals surface area contributed by atoms with Crippen LogP contribution in [-0.4, -0.2) is 10.9 Å². The van der Waals surface area contributed by atoms with E-state index in [1.165, 1.54) is 0 Å². The third kappa shape index (κ3) is 2.16. The fourth-order valence-electron chi connectivity index (χ4n) is 0.888. The van der Waals surface area contributed by atoms with E-state index >= 15 is 0 Å². The van der Waals surface area contributed by atoms with E-state index in [2.05, 4.69) is 24.7 Å². The average molecular weight is 182 g/mol. The summed E-state index contributed by atoms with van der Waals surface area (Å²) in [6, 6.07) is 4.01. The second kappa shape index (κ2) is 3.83. The van der Waals surface area contributed by atoms with Crippen molar-refractivity contribution in [2.24, 2.45) is 5.14 Å². The van der Waals surface area contributed by atoms with Crippen molar-refractivity contribution in [2.75, 3.05) is 0 Å². The Kier molecular flexibility index (Phi) is 3.00. The van der Waals surface area contributed by atoms with Crippen molar-refractivity contribution in [1.82, 2.24) is 4.98 Å². The molecule has 1 rings (SSSR count). The van der Waals surface area contributed by atoms with Gasteiger partial charge < -0.3 is 0 Å². The van der Waals surface area contributed by atoms with Crippen molar-refractivity contribution in [3.05, 3.63) is 24.0 Å². The van der Waals surface area contributed by atoms with E-state index in [0.29, 0.717) is 5.92 Å². The van der Waals surface area contributed by atoms with E-state index in [9.17, 15) is 0 Å². The molecule has 2 N–H and O–H groups in total. The van der Waals surface area contributed by atoms with Crippen LogP contribution < -0.4 is 5.14 Å². The van der Waals surface area contributed by atoms with Crippen molar-refractivity contribution in [3.63, 3.8) is 0 Å². The van der Waals surface area contributed by atoms with E-state index in [1.54, 1.807) is 0 Å². The molecule has 3 heteroatoms. The molecule has 0 radical (unpaired) electrons. The zero-order chi connectivity index (χ0) is 9.14. The van der Waals surface area contributed by atoms with Crippen molar-refractivity contribution in [1.29, 1.82) is 0 Å². The maximum absolute atomic E-state index is 5.62. The summed E-state index contributed by atoms with van der Waals surface area (Å²) in [5.74, 6) is 4.22. The molecule has 0 amide bonds. The average Bonchev–Trinajstić information content (AvgIpc) is 2.04. The highest BCUT2D eigenvalue weighted by Crippen LogP contribution is 2.18. The highest BCUT2D eigenvalue weighted by Gasteiger charge is 1.99. The molecule has 0 aliphatic rings. The molecular formula is C9H14N2S. The number of rotatable bonds is 2. The summed E-state index contributed by atoms with van der Waals surface area (Å²) in [5, 5.41) is 5.62. The van der Waals surface area contributed by atoms with Gasteiger partial charge in [0.15, 0.2) is 0 Å². The Hall–Kier alpha value is -0.670. The fourth-order valence-corrected chi connectivity index (χ4v) is 1.32. The van der Waals surface area contributed by atoms with Crippen molar-refractivity contribution in [3.8, 4) is 0 Å². The van der Waals surface area contributed by atoms with Gasteiger partial charge in [-0.2, -0.15) is 0 Å². The molecular weight excluding hydrogens is 168 g/mol. The monoisotopic (exact) mass is 182 g/mol. The normalized spacial score (nSPS) is 13.3. The lowest BCUT2D eigenvalue weighted by atomic mass is 10.1. The molecule has 66 valence electrons. The number of nitrogens with two attached hydrogens (primary N) is 1. The first kappa shape index (κ1) is 9.42. The Labute approximate surface area is 75.9 Å². The lowest BCUT2D eigenvalue weighted by Crippen LogP contribution is -1.93. The topological polar surface area (TPSA) is 38.9 Å². The van der Waals surface area contributed by atoms with Gasteiger partial charge in [0.05, 0.1) is 0 Å². The van der Waals surface area contributed by atoms with Gasteiger partial charge in [-0.05, 0) is 18.1 Å². The Morgan fingerprint density at radius 1 is 1.50 bits per heavy atom. The van der Waals surface area contributed by atoms with E-state index in [-0.39, 0.29) is 0 Å². The van der Waals surface area contributed by atoms with Gasteiger partial charge in [0, 0.05) is 16.8 Å². The second-order valence-corrected chi connectivity index (χ2v) is 4.33. The van der Waals surface area contributed by atoms with Gasteiger partial charge in [0.25, 0.3) is 0 Å². The lowest BCUT2D eigenvalue weighted by molar-refractivity contribution is 0.818. The number of nitrogens with zero attached hydrogens (tertiary/aromatic N) is 1. The molecule has 1 aromatic rings. The number of hydrogen-bond donors (Lipinski definition) is 1. The van der Waals surface area contributed by atoms with Crippen LogP contribution in [0.5, 0.6) is 0 Å². The highest BCUT2D eigenvalue weighted by molar-refractivity contribution is 8.12. The quantitative estimate of drug-likeness (QED) is 0.712. The first-order chi connectivity index (χ1) is 5.61. The predicted octanol–water partition coefficient (Wildman–Crippen LogP) is 2.14. The molecule has 1 heterocycles. The molecule has 1 atom stereocenters. The summed E-state index contributed by atoms with van der Waals surface area (Å²) >= 11 is 0. The molecule has 0 bridgehead atoms. The Bertz CT molecular complexity index is 277. The summed E-state index contributed by atoms with van der Waals surface area (Å²) < 4.78 is 0. The third-order valence-electron chi connectivity index (χ3n) is 1.65. The Balaban J connectivity index is 2.93. The largest absolute Gasteiger partial charge is 0.280 e. The van der Waals surface area contributed by atoms with E-state index in [4.69, 9.17) is 5.14 Å². The van der Waals surface area contributed by atoms with Gasteiger partial charge >= 0.3 is 0 Å². The molecule has 1 unspecified atom stereocenters. The van der Waals surface area contributed by atoms with Crippen LogP contribution in [0.25, 0.3) is 0 Å².